The van der Waals surface area contributed by atoms with E-state index in [1.54, 1.807) is 24.3 Å². The van der Waals surface area contributed by atoms with Crippen molar-refractivity contribution in [1.82, 2.24) is 5.32 Å². The van der Waals surface area contributed by atoms with Gasteiger partial charge in [0.2, 0.25) is 5.91 Å². The number of benzene rings is 2. The van der Waals surface area contributed by atoms with Crippen LogP contribution in [0.5, 0.6) is 0 Å². The van der Waals surface area contributed by atoms with Crippen molar-refractivity contribution < 1.29 is 18.8 Å². The molecule has 0 aromatic heterocycles. The van der Waals surface area contributed by atoms with Crippen molar-refractivity contribution in [2.24, 2.45) is 0 Å². The van der Waals surface area contributed by atoms with Crippen LogP contribution in [0.15, 0.2) is 48.5 Å². The van der Waals surface area contributed by atoms with Gasteiger partial charge in [-0.15, -0.1) is 0 Å². The molecular formula is C20H19FN2O3. The Balaban J connectivity index is 1.57. The van der Waals surface area contributed by atoms with Crippen LogP contribution in [-0.2, 0) is 4.79 Å². The van der Waals surface area contributed by atoms with Gasteiger partial charge in [0, 0.05) is 24.4 Å². The van der Waals surface area contributed by atoms with Gasteiger partial charge in [0.05, 0.1) is 11.3 Å². The van der Waals surface area contributed by atoms with E-state index in [2.05, 4.69) is 10.6 Å². The first-order valence-corrected chi connectivity index (χ1v) is 8.51. The summed E-state index contributed by atoms with van der Waals surface area (Å²) < 4.78 is 12.9. The van der Waals surface area contributed by atoms with Crippen LogP contribution >= 0.6 is 0 Å². The Kier molecular flexibility index (Phi) is 5.41. The highest BCUT2D eigenvalue weighted by molar-refractivity contribution is 6.05. The summed E-state index contributed by atoms with van der Waals surface area (Å²) in [7, 11) is 0. The zero-order chi connectivity index (χ0) is 18.5. The molecule has 0 saturated heterocycles. The smallest absolute Gasteiger partial charge is 0.253 e. The first-order chi connectivity index (χ1) is 12.5. The summed E-state index contributed by atoms with van der Waals surface area (Å²) in [6.45, 7) is 0. The summed E-state index contributed by atoms with van der Waals surface area (Å²) in [6, 6.07) is 12.2. The summed E-state index contributed by atoms with van der Waals surface area (Å²) in [5.74, 6) is -1.22. The number of para-hydroxylation sites is 1. The minimum atomic E-state index is -0.416. The third-order valence-corrected chi connectivity index (χ3v) is 4.10. The maximum Gasteiger partial charge on any atom is 0.253 e. The molecule has 1 saturated carbocycles. The van der Waals surface area contributed by atoms with Gasteiger partial charge in [-0.3, -0.25) is 14.4 Å². The first-order valence-electron chi connectivity index (χ1n) is 8.51. The number of halogens is 1. The van der Waals surface area contributed by atoms with E-state index in [0.717, 1.165) is 12.8 Å². The van der Waals surface area contributed by atoms with Crippen molar-refractivity contribution in [3.8, 4) is 0 Å². The van der Waals surface area contributed by atoms with Crippen LogP contribution in [0.3, 0.4) is 0 Å². The molecule has 0 atom stereocenters. The minimum Gasteiger partial charge on any atom is -0.349 e. The molecule has 2 amide bonds. The molecule has 3 rings (SSSR count). The predicted molar refractivity (Wildman–Crippen MR) is 95.5 cm³/mol. The maximum absolute atomic E-state index is 12.9. The molecule has 1 fully saturated rings. The zero-order valence-corrected chi connectivity index (χ0v) is 14.1. The van der Waals surface area contributed by atoms with E-state index < -0.39 is 5.82 Å². The summed E-state index contributed by atoms with van der Waals surface area (Å²) in [5, 5.41) is 5.57. The van der Waals surface area contributed by atoms with Crippen molar-refractivity contribution in [3.63, 3.8) is 0 Å². The molecule has 0 heterocycles. The van der Waals surface area contributed by atoms with Gasteiger partial charge >= 0.3 is 0 Å². The summed E-state index contributed by atoms with van der Waals surface area (Å²) >= 11 is 0. The fraction of sp³-hybridized carbons (Fsp3) is 0.250. The fourth-order valence-corrected chi connectivity index (χ4v) is 2.50. The van der Waals surface area contributed by atoms with Gasteiger partial charge in [-0.1, -0.05) is 12.1 Å². The lowest BCUT2D eigenvalue weighted by Gasteiger charge is -2.11. The summed E-state index contributed by atoms with van der Waals surface area (Å²) in [4.78, 5) is 36.4. The molecule has 0 aliphatic heterocycles. The average Bonchev–Trinajstić information content (AvgIpc) is 3.44. The van der Waals surface area contributed by atoms with E-state index in [4.69, 9.17) is 0 Å². The lowest BCUT2D eigenvalue weighted by atomic mass is 10.1. The maximum atomic E-state index is 12.9. The van der Waals surface area contributed by atoms with Gasteiger partial charge in [0.1, 0.15) is 5.82 Å². The van der Waals surface area contributed by atoms with Gasteiger partial charge in [-0.2, -0.15) is 0 Å². The quantitative estimate of drug-likeness (QED) is 0.749. The van der Waals surface area contributed by atoms with Crippen molar-refractivity contribution in [3.05, 3.63) is 65.5 Å². The molecule has 26 heavy (non-hydrogen) atoms. The summed E-state index contributed by atoms with van der Waals surface area (Å²) in [6.07, 6.45) is 1.94. The second-order valence-corrected chi connectivity index (χ2v) is 6.27. The number of anilines is 1. The molecule has 2 N–H and O–H groups in total. The zero-order valence-electron chi connectivity index (χ0n) is 14.1. The van der Waals surface area contributed by atoms with Gasteiger partial charge in [0.25, 0.3) is 5.91 Å². The Labute approximate surface area is 150 Å². The van der Waals surface area contributed by atoms with Crippen LogP contribution < -0.4 is 10.6 Å². The standard InChI is InChI=1S/C20H19FN2O3/c21-14-7-5-13(6-8-14)18(24)11-12-19(25)23-17-4-2-1-3-16(17)20(26)22-15-9-10-15/h1-8,15H,9-12H2,(H,22,26)(H,23,25). The first kappa shape index (κ1) is 17.8. The number of carbonyl (C=O) groups is 3. The number of amides is 2. The van der Waals surface area contributed by atoms with Crippen molar-refractivity contribution in [2.75, 3.05) is 5.32 Å². The van der Waals surface area contributed by atoms with Gasteiger partial charge in [-0.25, -0.2) is 4.39 Å². The third kappa shape index (κ3) is 4.75. The van der Waals surface area contributed by atoms with E-state index >= 15 is 0 Å². The van der Waals surface area contributed by atoms with Crippen LogP contribution in [-0.4, -0.2) is 23.6 Å². The monoisotopic (exact) mass is 354 g/mol. The molecule has 5 nitrogen and oxygen atoms in total. The number of ketones is 1. The molecule has 0 spiro atoms. The van der Waals surface area contributed by atoms with Crippen LogP contribution in [0.25, 0.3) is 0 Å². The normalized spacial score (nSPS) is 13.1. The topological polar surface area (TPSA) is 75.3 Å². The Morgan fingerprint density at radius 2 is 1.65 bits per heavy atom. The van der Waals surface area contributed by atoms with E-state index in [-0.39, 0.29) is 36.5 Å². The molecule has 0 bridgehead atoms. The molecular weight excluding hydrogens is 335 g/mol. The van der Waals surface area contributed by atoms with Crippen LogP contribution in [0, 0.1) is 5.82 Å². The molecule has 0 radical (unpaired) electrons. The van der Waals surface area contributed by atoms with Gasteiger partial charge in [0.15, 0.2) is 5.78 Å². The predicted octanol–water partition coefficient (Wildman–Crippen LogP) is 3.32. The Morgan fingerprint density at radius 1 is 0.962 bits per heavy atom. The number of hydrogen-bond acceptors (Lipinski definition) is 3. The second kappa shape index (κ2) is 7.91. The third-order valence-electron chi connectivity index (χ3n) is 4.10. The Morgan fingerprint density at radius 3 is 2.35 bits per heavy atom. The number of nitrogens with one attached hydrogen (secondary N) is 2. The molecule has 134 valence electrons. The minimum absolute atomic E-state index is 0.00784. The lowest BCUT2D eigenvalue weighted by Crippen LogP contribution is -2.27. The molecule has 2 aromatic carbocycles. The second-order valence-electron chi connectivity index (χ2n) is 6.27. The van der Waals surface area contributed by atoms with Gasteiger partial charge in [-0.05, 0) is 49.2 Å². The Bertz CT molecular complexity index is 829. The van der Waals surface area contributed by atoms with Crippen LogP contribution in [0.4, 0.5) is 10.1 Å². The van der Waals surface area contributed by atoms with Crippen molar-refractivity contribution in [2.45, 2.75) is 31.7 Å². The molecule has 1 aliphatic carbocycles. The van der Waals surface area contributed by atoms with E-state index in [1.807, 2.05) is 0 Å². The molecule has 1 aliphatic rings. The fourth-order valence-electron chi connectivity index (χ4n) is 2.50. The van der Waals surface area contributed by atoms with E-state index in [1.165, 1.54) is 24.3 Å². The highest BCUT2D eigenvalue weighted by atomic mass is 19.1. The number of rotatable bonds is 7. The Hall–Kier alpha value is -3.02. The molecule has 0 unspecified atom stereocenters. The van der Waals surface area contributed by atoms with E-state index in [0.29, 0.717) is 16.8 Å². The largest absolute Gasteiger partial charge is 0.349 e. The van der Waals surface area contributed by atoms with Crippen molar-refractivity contribution >= 4 is 23.3 Å². The number of hydrogen-bond donors (Lipinski definition) is 2. The van der Waals surface area contributed by atoms with Gasteiger partial charge < -0.3 is 10.6 Å². The summed E-state index contributed by atoms with van der Waals surface area (Å²) in [5.41, 5.74) is 1.19. The van der Waals surface area contributed by atoms with Crippen LogP contribution in [0.1, 0.15) is 46.4 Å². The molecule has 2 aromatic rings. The number of carbonyl (C=O) groups excluding carboxylic acids is 3. The van der Waals surface area contributed by atoms with Crippen molar-refractivity contribution in [1.29, 1.82) is 0 Å². The lowest BCUT2D eigenvalue weighted by molar-refractivity contribution is -0.116. The van der Waals surface area contributed by atoms with E-state index in [9.17, 15) is 18.8 Å². The van der Waals surface area contributed by atoms with Crippen LogP contribution in [0.2, 0.25) is 0 Å². The highest BCUT2D eigenvalue weighted by Crippen LogP contribution is 2.21. The highest BCUT2D eigenvalue weighted by Gasteiger charge is 2.25. The molecule has 6 heteroatoms. The average molecular weight is 354 g/mol. The number of Topliss-reactive ketones (excluding diaryl/α,β-unsaturated/α-hetero) is 1. The SMILES string of the molecule is O=C(CCC(=O)c1ccc(F)cc1)Nc1ccccc1C(=O)NC1CC1.